The van der Waals surface area contributed by atoms with E-state index in [-0.39, 0.29) is 29.6 Å². The predicted molar refractivity (Wildman–Crippen MR) is 114 cm³/mol. The Labute approximate surface area is 188 Å². The molecule has 0 saturated carbocycles. The van der Waals surface area contributed by atoms with Crippen molar-refractivity contribution in [3.63, 3.8) is 0 Å². The summed E-state index contributed by atoms with van der Waals surface area (Å²) in [7, 11) is 0. The van der Waals surface area contributed by atoms with Gasteiger partial charge in [0.2, 0.25) is 5.79 Å². The van der Waals surface area contributed by atoms with Crippen molar-refractivity contribution in [1.82, 2.24) is 0 Å². The van der Waals surface area contributed by atoms with Gasteiger partial charge in [-0.1, -0.05) is 18.6 Å². The summed E-state index contributed by atoms with van der Waals surface area (Å²) in [5.41, 5.74) is 0.0744. The lowest BCUT2D eigenvalue weighted by molar-refractivity contribution is -0.205. The molecule has 1 saturated heterocycles. The second kappa shape index (κ2) is 8.98. The van der Waals surface area contributed by atoms with E-state index < -0.39 is 41.5 Å². The van der Waals surface area contributed by atoms with Gasteiger partial charge in [-0.05, 0) is 52.4 Å². The van der Waals surface area contributed by atoms with E-state index in [9.17, 15) is 19.5 Å². The molecule has 3 heterocycles. The summed E-state index contributed by atoms with van der Waals surface area (Å²) in [6, 6.07) is 0. The van der Waals surface area contributed by atoms with E-state index >= 15 is 0 Å². The van der Waals surface area contributed by atoms with E-state index in [4.69, 9.17) is 18.9 Å². The first-order valence-corrected chi connectivity index (χ1v) is 11.2. The van der Waals surface area contributed by atoms with Gasteiger partial charge in [0.05, 0.1) is 11.7 Å². The number of aliphatic hydroxyl groups is 1. The first-order valence-electron chi connectivity index (χ1n) is 11.2. The van der Waals surface area contributed by atoms with Gasteiger partial charge in [-0.3, -0.25) is 9.59 Å². The highest BCUT2D eigenvalue weighted by Crippen LogP contribution is 2.46. The fraction of sp³-hybridized carbons (Fsp3) is 0.708. The summed E-state index contributed by atoms with van der Waals surface area (Å²) < 4.78 is 23.2. The molecule has 32 heavy (non-hydrogen) atoms. The summed E-state index contributed by atoms with van der Waals surface area (Å²) in [6.07, 6.45) is 2.64. The number of allylic oxidation sites excluding steroid dienone is 1. The van der Waals surface area contributed by atoms with E-state index in [2.05, 4.69) is 6.92 Å². The SMILES string of the molecule is CC(=O)O[C@@H]1C2=C(C)C(=O)OC2(O)C/C(C)=C\CC[C@@H](C)[C@@H]2CC[C@@](C)(O2)[C@H]1OC(C)=O. The first kappa shape index (κ1) is 24.5. The van der Waals surface area contributed by atoms with Crippen LogP contribution in [0.25, 0.3) is 0 Å². The third kappa shape index (κ3) is 4.76. The zero-order valence-corrected chi connectivity index (χ0v) is 19.7. The Morgan fingerprint density at radius 2 is 1.81 bits per heavy atom. The van der Waals surface area contributed by atoms with Crippen LogP contribution in [0.1, 0.15) is 73.6 Å². The summed E-state index contributed by atoms with van der Waals surface area (Å²) in [5, 5.41) is 11.5. The minimum atomic E-state index is -2.02. The van der Waals surface area contributed by atoms with Crippen molar-refractivity contribution in [2.75, 3.05) is 0 Å². The van der Waals surface area contributed by atoms with E-state index in [1.807, 2.05) is 19.9 Å². The van der Waals surface area contributed by atoms with Crippen LogP contribution in [0.3, 0.4) is 0 Å². The molecule has 2 bridgehead atoms. The molecule has 8 heteroatoms. The Balaban J connectivity index is 2.20. The van der Waals surface area contributed by atoms with Crippen molar-refractivity contribution in [3.05, 3.63) is 22.8 Å². The van der Waals surface area contributed by atoms with Crippen LogP contribution in [0.15, 0.2) is 22.8 Å². The van der Waals surface area contributed by atoms with Crippen LogP contribution in [-0.2, 0) is 33.3 Å². The molecule has 8 nitrogen and oxygen atoms in total. The molecule has 0 aliphatic carbocycles. The number of carbonyl (C=O) groups is 3. The van der Waals surface area contributed by atoms with Crippen LogP contribution < -0.4 is 0 Å². The Kier molecular flexibility index (Phi) is 6.86. The zero-order valence-electron chi connectivity index (χ0n) is 19.7. The third-order valence-electron chi connectivity index (χ3n) is 6.75. The molecule has 0 amide bonds. The molecule has 1 unspecified atom stereocenters. The van der Waals surface area contributed by atoms with Gasteiger partial charge in [0, 0.05) is 25.8 Å². The monoisotopic (exact) mass is 450 g/mol. The molecular formula is C24H34O8. The molecule has 3 aliphatic rings. The van der Waals surface area contributed by atoms with Crippen molar-refractivity contribution in [3.8, 4) is 0 Å². The van der Waals surface area contributed by atoms with Crippen LogP contribution in [0, 0.1) is 5.92 Å². The Morgan fingerprint density at radius 1 is 1.16 bits per heavy atom. The Bertz CT molecular complexity index is 858. The minimum absolute atomic E-state index is 0.0192. The smallest absolute Gasteiger partial charge is 0.336 e. The molecule has 6 atom stereocenters. The molecule has 1 fully saturated rings. The van der Waals surface area contributed by atoms with Crippen molar-refractivity contribution in [1.29, 1.82) is 0 Å². The number of rotatable bonds is 2. The number of esters is 3. The van der Waals surface area contributed by atoms with Gasteiger partial charge in [-0.2, -0.15) is 0 Å². The number of ether oxygens (including phenoxy) is 4. The summed E-state index contributed by atoms with van der Waals surface area (Å²) >= 11 is 0. The minimum Gasteiger partial charge on any atom is -0.455 e. The maximum atomic E-state index is 12.5. The maximum Gasteiger partial charge on any atom is 0.336 e. The van der Waals surface area contributed by atoms with E-state index in [1.165, 1.54) is 20.8 Å². The summed E-state index contributed by atoms with van der Waals surface area (Å²) in [6.45, 7) is 9.81. The molecular weight excluding hydrogens is 416 g/mol. The van der Waals surface area contributed by atoms with Gasteiger partial charge in [0.15, 0.2) is 12.2 Å². The molecule has 0 spiro atoms. The Hall–Kier alpha value is -2.19. The lowest BCUT2D eigenvalue weighted by Gasteiger charge is -2.40. The topological polar surface area (TPSA) is 108 Å². The van der Waals surface area contributed by atoms with Gasteiger partial charge in [-0.15, -0.1) is 0 Å². The normalized spacial score (nSPS) is 39.6. The molecule has 178 valence electrons. The lowest BCUT2D eigenvalue weighted by Crippen LogP contribution is -2.54. The molecule has 3 aliphatic heterocycles. The highest BCUT2D eigenvalue weighted by Gasteiger charge is 2.57. The quantitative estimate of drug-likeness (QED) is 0.388. The molecule has 0 aromatic carbocycles. The van der Waals surface area contributed by atoms with Gasteiger partial charge >= 0.3 is 17.9 Å². The highest BCUT2D eigenvalue weighted by molar-refractivity contribution is 5.92. The molecule has 3 rings (SSSR count). The van der Waals surface area contributed by atoms with E-state index in [0.717, 1.165) is 24.8 Å². The summed E-state index contributed by atoms with van der Waals surface area (Å²) in [4.78, 5) is 36.8. The van der Waals surface area contributed by atoms with E-state index in [1.54, 1.807) is 0 Å². The second-order valence-electron chi connectivity index (χ2n) is 9.56. The molecule has 0 radical (unpaired) electrons. The van der Waals surface area contributed by atoms with Crippen LogP contribution in [0.2, 0.25) is 0 Å². The highest BCUT2D eigenvalue weighted by atomic mass is 16.7. The molecule has 0 aromatic rings. The van der Waals surface area contributed by atoms with Crippen LogP contribution in [-0.4, -0.2) is 52.7 Å². The maximum absolute atomic E-state index is 12.5. The fourth-order valence-corrected chi connectivity index (χ4v) is 5.12. The van der Waals surface area contributed by atoms with Crippen molar-refractivity contribution in [2.45, 2.75) is 103 Å². The van der Waals surface area contributed by atoms with Gasteiger partial charge < -0.3 is 24.1 Å². The van der Waals surface area contributed by atoms with Gasteiger partial charge in [-0.25, -0.2) is 4.79 Å². The number of carbonyl (C=O) groups excluding carboxylic acids is 3. The average Bonchev–Trinajstić information content (AvgIpc) is 3.16. The van der Waals surface area contributed by atoms with Crippen molar-refractivity contribution in [2.24, 2.45) is 5.92 Å². The van der Waals surface area contributed by atoms with Crippen LogP contribution in [0.4, 0.5) is 0 Å². The average molecular weight is 451 g/mol. The first-order chi connectivity index (χ1) is 14.9. The number of hydrogen-bond acceptors (Lipinski definition) is 8. The van der Waals surface area contributed by atoms with Crippen LogP contribution >= 0.6 is 0 Å². The largest absolute Gasteiger partial charge is 0.455 e. The van der Waals surface area contributed by atoms with Crippen molar-refractivity contribution < 1.29 is 38.4 Å². The third-order valence-corrected chi connectivity index (χ3v) is 6.75. The predicted octanol–water partition coefficient (Wildman–Crippen LogP) is 3.12. The van der Waals surface area contributed by atoms with E-state index in [0.29, 0.717) is 6.42 Å². The zero-order chi connectivity index (χ0) is 23.8. The number of hydrogen-bond donors (Lipinski definition) is 1. The fourth-order valence-electron chi connectivity index (χ4n) is 5.12. The van der Waals surface area contributed by atoms with Gasteiger partial charge in [0.25, 0.3) is 0 Å². The number of fused-ring (bicyclic) bond motifs is 3. The summed E-state index contributed by atoms with van der Waals surface area (Å²) in [5.74, 6) is -3.69. The Morgan fingerprint density at radius 3 is 2.44 bits per heavy atom. The second-order valence-corrected chi connectivity index (χ2v) is 9.56. The lowest BCUT2D eigenvalue weighted by atomic mass is 9.82. The molecule has 1 N–H and O–H groups in total. The van der Waals surface area contributed by atoms with Crippen molar-refractivity contribution >= 4 is 17.9 Å². The standard InChI is InChI=1S/C24H34O8/c1-13-8-7-9-14(2)18-10-11-23(6,31-18)21(30-17(5)26)20(29-16(4)25)19-15(3)22(27)32-24(19,28)12-13/h8,14,18,20-21,28H,7,9-12H2,1-6H3/b13-8-/t14-,18+,20-,21+,23-,24?/m1/s1. The molecule has 0 aromatic heterocycles. The van der Waals surface area contributed by atoms with Crippen LogP contribution in [0.5, 0.6) is 0 Å². The van der Waals surface area contributed by atoms with Gasteiger partial charge in [0.1, 0.15) is 5.60 Å².